The van der Waals surface area contributed by atoms with E-state index < -0.39 is 5.41 Å². The maximum Gasteiger partial charge on any atom is 0.227 e. The van der Waals surface area contributed by atoms with E-state index in [4.69, 9.17) is 4.74 Å². The predicted molar refractivity (Wildman–Crippen MR) is 114 cm³/mol. The first-order valence-corrected chi connectivity index (χ1v) is 10.2. The van der Waals surface area contributed by atoms with E-state index in [2.05, 4.69) is 5.32 Å². The number of carbonyl (C=O) groups is 2. The van der Waals surface area contributed by atoms with Gasteiger partial charge >= 0.3 is 0 Å². The van der Waals surface area contributed by atoms with Crippen LogP contribution in [-0.2, 0) is 22.6 Å². The molecule has 1 saturated heterocycles. The Kier molecular flexibility index (Phi) is 6.91. The van der Waals surface area contributed by atoms with Crippen LogP contribution < -0.4 is 10.1 Å². The van der Waals surface area contributed by atoms with Gasteiger partial charge in [-0.3, -0.25) is 9.59 Å². The molecule has 1 atom stereocenters. The number of hydrogen-bond acceptors (Lipinski definition) is 3. The smallest absolute Gasteiger partial charge is 0.227 e. The molecular formula is C24H30N2O3. The van der Waals surface area contributed by atoms with Crippen LogP contribution in [0.15, 0.2) is 54.6 Å². The molecule has 5 heteroatoms. The van der Waals surface area contributed by atoms with E-state index in [9.17, 15) is 9.59 Å². The van der Waals surface area contributed by atoms with Crippen LogP contribution >= 0.6 is 0 Å². The first kappa shape index (κ1) is 20.9. The topological polar surface area (TPSA) is 58.6 Å². The summed E-state index contributed by atoms with van der Waals surface area (Å²) in [7, 11) is 1.64. The molecule has 1 aliphatic rings. The average Bonchev–Trinajstić information content (AvgIpc) is 2.76. The van der Waals surface area contributed by atoms with Crippen LogP contribution in [0.25, 0.3) is 0 Å². The fourth-order valence-electron chi connectivity index (χ4n) is 3.83. The van der Waals surface area contributed by atoms with Gasteiger partial charge in [0.05, 0.1) is 12.5 Å². The van der Waals surface area contributed by atoms with Crippen molar-refractivity contribution in [1.82, 2.24) is 10.2 Å². The number of likely N-dealkylation sites (tertiary alicyclic amines) is 1. The quantitative estimate of drug-likeness (QED) is 0.781. The molecule has 154 valence electrons. The Bertz CT molecular complexity index is 820. The zero-order valence-corrected chi connectivity index (χ0v) is 17.3. The number of ether oxygens (including phenoxy) is 1. The SMILES string of the molecule is COc1ccc(CCC(=O)N2CCCC(C)(C(=O)NCc3ccccc3)C2)cc1. The van der Waals surface area contributed by atoms with Gasteiger partial charge in [-0.1, -0.05) is 42.5 Å². The van der Waals surface area contributed by atoms with E-state index >= 15 is 0 Å². The largest absolute Gasteiger partial charge is 0.497 e. The summed E-state index contributed by atoms with van der Waals surface area (Å²) in [6.45, 7) is 3.69. The lowest BCUT2D eigenvalue weighted by molar-refractivity contribution is -0.140. The van der Waals surface area contributed by atoms with Crippen molar-refractivity contribution in [1.29, 1.82) is 0 Å². The van der Waals surface area contributed by atoms with Crippen molar-refractivity contribution < 1.29 is 14.3 Å². The summed E-state index contributed by atoms with van der Waals surface area (Å²) in [5, 5.41) is 3.05. The molecule has 0 aromatic heterocycles. The summed E-state index contributed by atoms with van der Waals surface area (Å²) in [4.78, 5) is 27.5. The summed E-state index contributed by atoms with van der Waals surface area (Å²) in [6.07, 6.45) is 2.80. The molecule has 2 aromatic carbocycles. The van der Waals surface area contributed by atoms with Crippen LogP contribution in [0, 0.1) is 5.41 Å². The van der Waals surface area contributed by atoms with Gasteiger partial charge < -0.3 is 15.0 Å². The molecule has 2 amide bonds. The van der Waals surface area contributed by atoms with E-state index in [0.29, 0.717) is 25.9 Å². The van der Waals surface area contributed by atoms with Crippen molar-refractivity contribution in [2.75, 3.05) is 20.2 Å². The minimum atomic E-state index is -0.539. The van der Waals surface area contributed by atoms with Gasteiger partial charge in [0.2, 0.25) is 11.8 Å². The number of methoxy groups -OCH3 is 1. The fourth-order valence-corrected chi connectivity index (χ4v) is 3.83. The lowest BCUT2D eigenvalue weighted by Crippen LogP contribution is -2.51. The number of aryl methyl sites for hydroxylation is 1. The Balaban J connectivity index is 1.52. The van der Waals surface area contributed by atoms with E-state index in [0.717, 1.165) is 36.3 Å². The number of nitrogens with zero attached hydrogens (tertiary/aromatic N) is 1. The Hall–Kier alpha value is -2.82. The lowest BCUT2D eigenvalue weighted by Gasteiger charge is -2.39. The van der Waals surface area contributed by atoms with Gasteiger partial charge in [0.25, 0.3) is 0 Å². The van der Waals surface area contributed by atoms with Gasteiger partial charge in [-0.2, -0.15) is 0 Å². The standard InChI is InChI=1S/C24H30N2O3/c1-24(23(28)25-17-20-7-4-3-5-8-20)15-6-16-26(18-24)22(27)14-11-19-9-12-21(29-2)13-10-19/h3-5,7-10,12-13H,6,11,14-18H2,1-2H3,(H,25,28). The highest BCUT2D eigenvalue weighted by atomic mass is 16.5. The third kappa shape index (κ3) is 5.59. The van der Waals surface area contributed by atoms with E-state index in [1.165, 1.54) is 0 Å². The second-order valence-electron chi connectivity index (χ2n) is 8.00. The van der Waals surface area contributed by atoms with Crippen molar-refractivity contribution in [2.24, 2.45) is 5.41 Å². The molecule has 0 bridgehead atoms. The Morgan fingerprint density at radius 3 is 2.48 bits per heavy atom. The monoisotopic (exact) mass is 394 g/mol. The third-order valence-electron chi connectivity index (χ3n) is 5.68. The Morgan fingerprint density at radius 1 is 1.07 bits per heavy atom. The fraction of sp³-hybridized carbons (Fsp3) is 0.417. The van der Waals surface area contributed by atoms with Crippen LogP contribution in [0.1, 0.15) is 37.3 Å². The summed E-state index contributed by atoms with van der Waals surface area (Å²) in [5.41, 5.74) is 1.65. The number of piperidine rings is 1. The van der Waals surface area contributed by atoms with Crippen LogP contribution in [0.3, 0.4) is 0 Å². The summed E-state index contributed by atoms with van der Waals surface area (Å²) in [6, 6.07) is 17.7. The zero-order valence-electron chi connectivity index (χ0n) is 17.3. The minimum Gasteiger partial charge on any atom is -0.497 e. The highest BCUT2D eigenvalue weighted by Crippen LogP contribution is 2.30. The molecule has 1 N–H and O–H groups in total. The van der Waals surface area contributed by atoms with Gasteiger partial charge in [-0.05, 0) is 49.4 Å². The molecule has 0 spiro atoms. The minimum absolute atomic E-state index is 0.0222. The van der Waals surface area contributed by atoms with Crippen molar-refractivity contribution in [3.8, 4) is 5.75 Å². The van der Waals surface area contributed by atoms with Gasteiger partial charge in [-0.25, -0.2) is 0 Å². The maximum atomic E-state index is 12.8. The lowest BCUT2D eigenvalue weighted by atomic mass is 9.80. The second kappa shape index (κ2) is 9.59. The van der Waals surface area contributed by atoms with Crippen LogP contribution in [0.4, 0.5) is 0 Å². The number of carbonyl (C=O) groups excluding carboxylic acids is 2. The Labute approximate surface area is 173 Å². The summed E-state index contributed by atoms with van der Waals surface area (Å²) < 4.78 is 5.17. The molecular weight excluding hydrogens is 364 g/mol. The van der Waals surface area contributed by atoms with Gasteiger partial charge in [0.1, 0.15) is 5.75 Å². The van der Waals surface area contributed by atoms with Crippen molar-refractivity contribution in [3.05, 3.63) is 65.7 Å². The number of benzene rings is 2. The molecule has 1 fully saturated rings. The van der Waals surface area contributed by atoms with Crippen LogP contribution in [-0.4, -0.2) is 36.9 Å². The van der Waals surface area contributed by atoms with E-state index in [1.54, 1.807) is 7.11 Å². The molecule has 2 aromatic rings. The van der Waals surface area contributed by atoms with E-state index in [-0.39, 0.29) is 11.8 Å². The summed E-state index contributed by atoms with van der Waals surface area (Å²) in [5.74, 6) is 0.949. The maximum absolute atomic E-state index is 12.8. The molecule has 1 heterocycles. The highest BCUT2D eigenvalue weighted by molar-refractivity contribution is 5.84. The first-order valence-electron chi connectivity index (χ1n) is 10.2. The molecule has 5 nitrogen and oxygen atoms in total. The molecule has 1 aliphatic heterocycles. The third-order valence-corrected chi connectivity index (χ3v) is 5.68. The van der Waals surface area contributed by atoms with Crippen LogP contribution in [0.5, 0.6) is 5.75 Å². The van der Waals surface area contributed by atoms with Gasteiger partial charge in [0, 0.05) is 26.1 Å². The van der Waals surface area contributed by atoms with Gasteiger partial charge in [-0.15, -0.1) is 0 Å². The molecule has 0 radical (unpaired) electrons. The molecule has 0 aliphatic carbocycles. The first-order chi connectivity index (χ1) is 14.0. The highest BCUT2D eigenvalue weighted by Gasteiger charge is 2.38. The predicted octanol–water partition coefficient (Wildman–Crippen LogP) is 3.57. The van der Waals surface area contributed by atoms with Crippen molar-refractivity contribution in [3.63, 3.8) is 0 Å². The number of hydrogen-bond donors (Lipinski definition) is 1. The van der Waals surface area contributed by atoms with E-state index in [1.807, 2.05) is 66.4 Å². The summed E-state index contributed by atoms with van der Waals surface area (Å²) >= 11 is 0. The zero-order chi connectivity index (χ0) is 20.7. The van der Waals surface area contributed by atoms with Crippen molar-refractivity contribution in [2.45, 2.75) is 39.2 Å². The van der Waals surface area contributed by atoms with Gasteiger partial charge in [0.15, 0.2) is 0 Å². The molecule has 1 unspecified atom stereocenters. The second-order valence-corrected chi connectivity index (χ2v) is 8.00. The Morgan fingerprint density at radius 2 is 1.79 bits per heavy atom. The number of rotatable bonds is 7. The normalized spacial score (nSPS) is 18.9. The average molecular weight is 395 g/mol. The number of nitrogens with one attached hydrogen (secondary N) is 1. The molecule has 3 rings (SSSR count). The van der Waals surface area contributed by atoms with Crippen molar-refractivity contribution >= 4 is 11.8 Å². The molecule has 29 heavy (non-hydrogen) atoms. The number of amides is 2. The molecule has 0 saturated carbocycles. The van der Waals surface area contributed by atoms with Crippen LogP contribution in [0.2, 0.25) is 0 Å².